The summed E-state index contributed by atoms with van der Waals surface area (Å²) in [4.78, 5) is 16.5. The Hall–Kier alpha value is -2.58. The number of halogens is 1. The minimum absolute atomic E-state index is 0.346. The summed E-state index contributed by atoms with van der Waals surface area (Å²) in [6, 6.07) is 8.49. The zero-order chi connectivity index (χ0) is 15.4. The lowest BCUT2D eigenvalue weighted by atomic mass is 10.1. The topological polar surface area (TPSA) is 77.8 Å². The highest BCUT2D eigenvalue weighted by Crippen LogP contribution is 2.22. The first-order valence-electron chi connectivity index (χ1n) is 6.20. The van der Waals surface area contributed by atoms with E-state index < -0.39 is 0 Å². The lowest BCUT2D eigenvalue weighted by Gasteiger charge is -2.11. The molecule has 0 radical (unpaired) electrons. The molecule has 0 fully saturated rings. The zero-order valence-corrected chi connectivity index (χ0v) is 12.3. The maximum Gasteiger partial charge on any atom is 0.259 e. The van der Waals surface area contributed by atoms with Crippen molar-refractivity contribution >= 4 is 28.9 Å². The number of hydrogen-bond donors (Lipinski definition) is 2. The number of carbonyl (C=O) groups is 1. The van der Waals surface area contributed by atoms with Gasteiger partial charge in [-0.1, -0.05) is 11.6 Å². The molecule has 0 saturated heterocycles. The molecule has 1 aromatic carbocycles. The predicted molar refractivity (Wildman–Crippen MR) is 82.6 cm³/mol. The number of aryl methyl sites for hydroxylation is 1. The van der Waals surface area contributed by atoms with E-state index in [1.54, 1.807) is 31.3 Å². The van der Waals surface area contributed by atoms with Gasteiger partial charge in [-0.15, -0.1) is 0 Å². The Bertz CT molecular complexity index is 737. The van der Waals surface area contributed by atoms with E-state index in [0.29, 0.717) is 27.5 Å². The van der Waals surface area contributed by atoms with Crippen LogP contribution in [0.2, 0.25) is 5.02 Å². The Balaban J connectivity index is 2.35. The minimum atomic E-state index is -0.356. The summed E-state index contributed by atoms with van der Waals surface area (Å²) in [6.07, 6.45) is 1.49. The van der Waals surface area contributed by atoms with Gasteiger partial charge in [0.25, 0.3) is 5.91 Å². The Morgan fingerprint density at radius 2 is 2.10 bits per heavy atom. The van der Waals surface area contributed by atoms with Crippen molar-refractivity contribution in [3.05, 3.63) is 52.3 Å². The van der Waals surface area contributed by atoms with Crippen LogP contribution in [0.1, 0.15) is 21.6 Å². The third-order valence-corrected chi connectivity index (χ3v) is 3.14. The second-order valence-corrected chi connectivity index (χ2v) is 4.81. The van der Waals surface area contributed by atoms with Gasteiger partial charge >= 0.3 is 0 Å². The van der Waals surface area contributed by atoms with Crippen molar-refractivity contribution in [2.45, 2.75) is 6.92 Å². The van der Waals surface area contributed by atoms with E-state index >= 15 is 0 Å². The zero-order valence-electron chi connectivity index (χ0n) is 11.6. The van der Waals surface area contributed by atoms with E-state index in [9.17, 15) is 4.79 Å². The summed E-state index contributed by atoms with van der Waals surface area (Å²) < 4.78 is 0. The second-order valence-electron chi connectivity index (χ2n) is 4.38. The maximum absolute atomic E-state index is 12.3. The first-order valence-corrected chi connectivity index (χ1v) is 6.58. The Kier molecular flexibility index (Phi) is 4.41. The summed E-state index contributed by atoms with van der Waals surface area (Å²) in [5.41, 5.74) is 2.58. The molecule has 106 valence electrons. The number of anilines is 2. The lowest BCUT2D eigenvalue weighted by Crippen LogP contribution is -2.15. The Morgan fingerprint density at radius 3 is 2.76 bits per heavy atom. The predicted octanol–water partition coefficient (Wildman–Crippen LogP) is 3.21. The van der Waals surface area contributed by atoms with Crippen molar-refractivity contribution in [1.82, 2.24) is 4.98 Å². The van der Waals surface area contributed by atoms with Crippen LogP contribution in [0.3, 0.4) is 0 Å². The number of nitriles is 1. The van der Waals surface area contributed by atoms with E-state index in [4.69, 9.17) is 16.9 Å². The van der Waals surface area contributed by atoms with Crippen molar-refractivity contribution in [3.63, 3.8) is 0 Å². The van der Waals surface area contributed by atoms with Crippen molar-refractivity contribution in [2.24, 2.45) is 0 Å². The van der Waals surface area contributed by atoms with Crippen LogP contribution in [-0.4, -0.2) is 17.9 Å². The maximum atomic E-state index is 12.3. The first kappa shape index (κ1) is 14.8. The summed E-state index contributed by atoms with van der Waals surface area (Å²) in [6.45, 7) is 1.84. The molecule has 21 heavy (non-hydrogen) atoms. The fraction of sp³-hybridized carbons (Fsp3) is 0.133. The molecule has 0 atom stereocenters. The van der Waals surface area contributed by atoms with Crippen LogP contribution in [0.5, 0.6) is 0 Å². The number of pyridine rings is 1. The lowest BCUT2D eigenvalue weighted by molar-refractivity contribution is 0.102. The highest BCUT2D eigenvalue weighted by molar-refractivity contribution is 6.31. The van der Waals surface area contributed by atoms with E-state index in [2.05, 4.69) is 15.6 Å². The molecular formula is C15H13ClN4O. The minimum Gasteiger partial charge on any atom is -0.387 e. The van der Waals surface area contributed by atoms with Crippen LogP contribution in [-0.2, 0) is 0 Å². The van der Waals surface area contributed by atoms with Gasteiger partial charge in [-0.05, 0) is 31.2 Å². The number of hydrogen-bond acceptors (Lipinski definition) is 4. The molecule has 5 nitrogen and oxygen atoms in total. The molecule has 1 heterocycles. The van der Waals surface area contributed by atoms with Gasteiger partial charge in [0.2, 0.25) is 0 Å². The van der Waals surface area contributed by atoms with Crippen LogP contribution in [0.4, 0.5) is 11.4 Å². The quantitative estimate of drug-likeness (QED) is 0.912. The normalized spacial score (nSPS) is 9.81. The number of nitrogens with one attached hydrogen (secondary N) is 2. The number of aromatic nitrogens is 1. The standard InChI is InChI=1S/C15H13ClN4O/c1-9-5-14(18-2)12(8-19-9)15(21)20-13-6-11(16)4-3-10(13)7-17/h3-6,8H,1-2H3,(H,18,19)(H,20,21). The monoisotopic (exact) mass is 300 g/mol. The third-order valence-electron chi connectivity index (χ3n) is 2.90. The average molecular weight is 301 g/mol. The van der Waals surface area contributed by atoms with Gasteiger partial charge in [0.15, 0.2) is 0 Å². The number of rotatable bonds is 3. The molecule has 2 rings (SSSR count). The molecule has 1 aromatic heterocycles. The molecule has 6 heteroatoms. The molecule has 0 saturated carbocycles. The van der Waals surface area contributed by atoms with E-state index in [1.807, 2.05) is 13.0 Å². The van der Waals surface area contributed by atoms with Crippen LogP contribution in [0, 0.1) is 18.3 Å². The molecule has 0 bridgehead atoms. The second kappa shape index (κ2) is 6.25. The van der Waals surface area contributed by atoms with Crippen molar-refractivity contribution < 1.29 is 4.79 Å². The van der Waals surface area contributed by atoms with Crippen molar-refractivity contribution in [1.29, 1.82) is 5.26 Å². The van der Waals surface area contributed by atoms with Gasteiger partial charge in [-0.2, -0.15) is 5.26 Å². The van der Waals surface area contributed by atoms with Gasteiger partial charge in [0, 0.05) is 24.0 Å². The fourth-order valence-electron chi connectivity index (χ4n) is 1.85. The van der Waals surface area contributed by atoms with Crippen LogP contribution >= 0.6 is 11.6 Å². The Labute approximate surface area is 127 Å². The van der Waals surface area contributed by atoms with Crippen LogP contribution < -0.4 is 10.6 Å². The molecule has 0 aliphatic heterocycles. The SMILES string of the molecule is CNc1cc(C)ncc1C(=O)Nc1cc(Cl)ccc1C#N. The summed E-state index contributed by atoms with van der Waals surface area (Å²) in [7, 11) is 1.73. The molecule has 0 unspecified atom stereocenters. The summed E-state index contributed by atoms with van der Waals surface area (Å²) >= 11 is 5.90. The molecule has 2 N–H and O–H groups in total. The summed E-state index contributed by atoms with van der Waals surface area (Å²) in [5, 5.41) is 15.1. The number of nitrogens with zero attached hydrogens (tertiary/aromatic N) is 2. The molecule has 0 aliphatic carbocycles. The summed E-state index contributed by atoms with van der Waals surface area (Å²) in [5.74, 6) is -0.356. The highest BCUT2D eigenvalue weighted by Gasteiger charge is 2.14. The molecular weight excluding hydrogens is 288 g/mol. The largest absolute Gasteiger partial charge is 0.387 e. The van der Waals surface area contributed by atoms with Gasteiger partial charge in [0.1, 0.15) is 6.07 Å². The number of carbonyl (C=O) groups excluding carboxylic acids is 1. The van der Waals surface area contributed by atoms with Gasteiger partial charge in [-0.3, -0.25) is 9.78 Å². The third kappa shape index (κ3) is 3.30. The van der Waals surface area contributed by atoms with Gasteiger partial charge < -0.3 is 10.6 Å². The number of amides is 1. The number of benzene rings is 1. The van der Waals surface area contributed by atoms with Gasteiger partial charge in [0.05, 0.1) is 22.5 Å². The first-order chi connectivity index (χ1) is 10.0. The van der Waals surface area contributed by atoms with E-state index in [1.165, 1.54) is 6.20 Å². The highest BCUT2D eigenvalue weighted by atomic mass is 35.5. The molecule has 2 aromatic rings. The van der Waals surface area contributed by atoms with E-state index in [-0.39, 0.29) is 5.91 Å². The molecule has 0 spiro atoms. The van der Waals surface area contributed by atoms with Crippen LogP contribution in [0.15, 0.2) is 30.5 Å². The van der Waals surface area contributed by atoms with E-state index in [0.717, 1.165) is 5.69 Å². The molecule has 1 amide bonds. The molecule has 0 aliphatic rings. The Morgan fingerprint density at radius 1 is 1.33 bits per heavy atom. The fourth-order valence-corrected chi connectivity index (χ4v) is 2.03. The van der Waals surface area contributed by atoms with Gasteiger partial charge in [-0.25, -0.2) is 0 Å². The van der Waals surface area contributed by atoms with Crippen LogP contribution in [0.25, 0.3) is 0 Å². The van der Waals surface area contributed by atoms with Crippen molar-refractivity contribution in [3.8, 4) is 6.07 Å². The average Bonchev–Trinajstić information content (AvgIpc) is 2.47. The smallest absolute Gasteiger partial charge is 0.259 e. The van der Waals surface area contributed by atoms with Crippen molar-refractivity contribution in [2.75, 3.05) is 17.7 Å².